The Hall–Kier alpha value is -2.56. The number of carbonyl (C=O) groups excluding carboxylic acids is 2. The zero-order valence-corrected chi connectivity index (χ0v) is 10.4. The first-order valence-electron chi connectivity index (χ1n) is 5.80. The summed E-state index contributed by atoms with van der Waals surface area (Å²) >= 11 is 0. The lowest BCUT2D eigenvalue weighted by Crippen LogP contribution is -2.22. The van der Waals surface area contributed by atoms with Crippen molar-refractivity contribution in [1.29, 1.82) is 0 Å². The monoisotopic (exact) mass is 274 g/mol. The molecule has 0 fully saturated rings. The van der Waals surface area contributed by atoms with Crippen molar-refractivity contribution < 1.29 is 23.1 Å². The van der Waals surface area contributed by atoms with E-state index in [2.05, 4.69) is 0 Å². The molecule has 0 atom stereocenters. The Morgan fingerprint density at radius 2 is 1.55 bits per heavy atom. The second kappa shape index (κ2) is 4.23. The van der Waals surface area contributed by atoms with E-state index in [-0.39, 0.29) is 22.3 Å². The number of fused-ring (bicyclic) bond motifs is 3. The van der Waals surface area contributed by atoms with Gasteiger partial charge in [0.15, 0.2) is 11.6 Å². The van der Waals surface area contributed by atoms with Crippen LogP contribution >= 0.6 is 0 Å². The lowest BCUT2D eigenvalue weighted by molar-refractivity contribution is 0.0815. The number of halogens is 2. The molecule has 2 aromatic carbocycles. The average molecular weight is 274 g/mol. The Bertz CT molecular complexity index is 766. The highest BCUT2D eigenvalue weighted by molar-refractivity contribution is 6.53. The average Bonchev–Trinajstić information content (AvgIpc) is 2.47. The van der Waals surface area contributed by atoms with E-state index in [0.29, 0.717) is 5.75 Å². The van der Waals surface area contributed by atoms with Gasteiger partial charge in [-0.15, -0.1) is 0 Å². The van der Waals surface area contributed by atoms with Crippen LogP contribution in [-0.2, 0) is 0 Å². The Kier molecular flexibility index (Phi) is 2.64. The van der Waals surface area contributed by atoms with Crippen LogP contribution in [0.4, 0.5) is 8.78 Å². The molecule has 2 aromatic rings. The third kappa shape index (κ3) is 1.56. The zero-order chi connectivity index (χ0) is 14.4. The van der Waals surface area contributed by atoms with E-state index in [4.69, 9.17) is 4.74 Å². The van der Waals surface area contributed by atoms with Crippen LogP contribution in [-0.4, -0.2) is 18.7 Å². The fourth-order valence-electron chi connectivity index (χ4n) is 2.30. The Morgan fingerprint density at radius 3 is 2.25 bits per heavy atom. The van der Waals surface area contributed by atoms with Crippen molar-refractivity contribution in [3.63, 3.8) is 0 Å². The summed E-state index contributed by atoms with van der Waals surface area (Å²) in [4.78, 5) is 23.9. The first-order valence-corrected chi connectivity index (χ1v) is 5.80. The van der Waals surface area contributed by atoms with Gasteiger partial charge in [0.25, 0.3) is 0 Å². The maximum atomic E-state index is 14.0. The fourth-order valence-corrected chi connectivity index (χ4v) is 2.30. The number of ether oxygens (including phenoxy) is 1. The van der Waals surface area contributed by atoms with Crippen molar-refractivity contribution in [3.8, 4) is 16.9 Å². The minimum absolute atomic E-state index is 0.0489. The maximum Gasteiger partial charge on any atom is 0.234 e. The Balaban J connectivity index is 2.42. The van der Waals surface area contributed by atoms with E-state index in [1.807, 2.05) is 0 Å². The van der Waals surface area contributed by atoms with Crippen LogP contribution in [0.2, 0.25) is 0 Å². The molecule has 0 bridgehead atoms. The van der Waals surface area contributed by atoms with Crippen LogP contribution in [0.3, 0.4) is 0 Å². The standard InChI is InChI=1S/C15H8F2O3/c1-20-7-2-3-8-10(6-7)12-9(15(19)14(8)18)4-5-11(16)13(12)17/h2-6H,1H3. The molecule has 0 amide bonds. The molecule has 0 N–H and O–H groups in total. The first-order chi connectivity index (χ1) is 9.54. The van der Waals surface area contributed by atoms with Crippen LogP contribution < -0.4 is 4.74 Å². The summed E-state index contributed by atoms with van der Waals surface area (Å²) in [6.07, 6.45) is 0. The van der Waals surface area contributed by atoms with Crippen molar-refractivity contribution in [2.24, 2.45) is 0 Å². The SMILES string of the molecule is COc1ccc2c(c1)-c1c(ccc(F)c1F)C(=O)C2=O. The molecule has 0 saturated heterocycles. The second-order valence-corrected chi connectivity index (χ2v) is 4.35. The summed E-state index contributed by atoms with van der Waals surface area (Å²) in [5.41, 5.74) is -0.105. The molecule has 1 aliphatic carbocycles. The van der Waals surface area contributed by atoms with Crippen molar-refractivity contribution >= 4 is 11.6 Å². The summed E-state index contributed by atoms with van der Waals surface area (Å²) < 4.78 is 32.4. The molecule has 0 saturated carbocycles. The molecule has 1 aliphatic rings. The number of Topliss-reactive ketones (excluding diaryl/α,β-unsaturated/α-hetero) is 2. The molecule has 3 nitrogen and oxygen atoms in total. The van der Waals surface area contributed by atoms with Gasteiger partial charge in [-0.05, 0) is 30.3 Å². The predicted octanol–water partition coefficient (Wildman–Crippen LogP) is 3.02. The van der Waals surface area contributed by atoms with Gasteiger partial charge in [-0.2, -0.15) is 0 Å². The topological polar surface area (TPSA) is 43.4 Å². The number of hydrogen-bond acceptors (Lipinski definition) is 3. The van der Waals surface area contributed by atoms with E-state index in [9.17, 15) is 18.4 Å². The third-order valence-corrected chi connectivity index (χ3v) is 3.29. The Labute approximate surface area is 112 Å². The highest BCUT2D eigenvalue weighted by Gasteiger charge is 2.33. The van der Waals surface area contributed by atoms with Crippen LogP contribution in [0.5, 0.6) is 5.75 Å². The molecule has 0 spiro atoms. The van der Waals surface area contributed by atoms with Gasteiger partial charge in [-0.3, -0.25) is 9.59 Å². The van der Waals surface area contributed by atoms with Gasteiger partial charge >= 0.3 is 0 Å². The van der Waals surface area contributed by atoms with Crippen LogP contribution in [0.1, 0.15) is 20.7 Å². The molecule has 0 aromatic heterocycles. The number of carbonyl (C=O) groups is 2. The molecule has 0 aliphatic heterocycles. The highest BCUT2D eigenvalue weighted by atomic mass is 19.2. The van der Waals surface area contributed by atoms with E-state index in [0.717, 1.165) is 12.1 Å². The van der Waals surface area contributed by atoms with Crippen LogP contribution in [0, 0.1) is 11.6 Å². The summed E-state index contributed by atoms with van der Waals surface area (Å²) in [5.74, 6) is -3.39. The quantitative estimate of drug-likeness (QED) is 0.751. The molecular formula is C15H8F2O3. The number of hydrogen-bond donors (Lipinski definition) is 0. The van der Waals surface area contributed by atoms with Gasteiger partial charge in [-0.25, -0.2) is 8.78 Å². The largest absolute Gasteiger partial charge is 0.497 e. The first kappa shape index (κ1) is 12.5. The normalized spacial score (nSPS) is 12.9. The molecule has 0 radical (unpaired) electrons. The lowest BCUT2D eigenvalue weighted by Gasteiger charge is -2.19. The number of benzene rings is 2. The molecule has 3 rings (SSSR count). The second-order valence-electron chi connectivity index (χ2n) is 4.35. The molecular weight excluding hydrogens is 266 g/mol. The van der Waals surface area contributed by atoms with Gasteiger partial charge in [0.2, 0.25) is 11.6 Å². The van der Waals surface area contributed by atoms with E-state index in [1.54, 1.807) is 0 Å². The third-order valence-electron chi connectivity index (χ3n) is 3.29. The number of ketones is 2. The van der Waals surface area contributed by atoms with Crippen molar-refractivity contribution in [2.45, 2.75) is 0 Å². The van der Waals surface area contributed by atoms with Crippen LogP contribution in [0.25, 0.3) is 11.1 Å². The summed E-state index contributed by atoms with van der Waals surface area (Å²) in [7, 11) is 1.42. The number of methoxy groups -OCH3 is 1. The van der Waals surface area contributed by atoms with Gasteiger partial charge in [0, 0.05) is 22.3 Å². The van der Waals surface area contributed by atoms with E-state index >= 15 is 0 Å². The lowest BCUT2D eigenvalue weighted by atomic mass is 9.83. The zero-order valence-electron chi connectivity index (χ0n) is 10.4. The van der Waals surface area contributed by atoms with Gasteiger partial charge in [-0.1, -0.05) is 0 Å². The minimum Gasteiger partial charge on any atom is -0.497 e. The van der Waals surface area contributed by atoms with Crippen molar-refractivity contribution in [2.75, 3.05) is 7.11 Å². The van der Waals surface area contributed by atoms with E-state index < -0.39 is 23.2 Å². The maximum absolute atomic E-state index is 14.0. The molecule has 20 heavy (non-hydrogen) atoms. The molecule has 0 heterocycles. The highest BCUT2D eigenvalue weighted by Crippen LogP contribution is 2.38. The van der Waals surface area contributed by atoms with E-state index in [1.165, 1.54) is 25.3 Å². The summed E-state index contributed by atoms with van der Waals surface area (Å²) in [5, 5.41) is 0. The van der Waals surface area contributed by atoms with Gasteiger partial charge < -0.3 is 4.74 Å². The smallest absolute Gasteiger partial charge is 0.234 e. The molecule has 5 heteroatoms. The van der Waals surface area contributed by atoms with Crippen LogP contribution in [0.15, 0.2) is 30.3 Å². The minimum atomic E-state index is -1.14. The van der Waals surface area contributed by atoms with Crippen molar-refractivity contribution in [1.82, 2.24) is 0 Å². The summed E-state index contributed by atoms with van der Waals surface area (Å²) in [6.45, 7) is 0. The Morgan fingerprint density at radius 1 is 0.900 bits per heavy atom. The predicted molar refractivity (Wildman–Crippen MR) is 67.0 cm³/mol. The summed E-state index contributed by atoms with van der Waals surface area (Å²) in [6, 6.07) is 6.25. The molecule has 0 unspecified atom stereocenters. The van der Waals surface area contributed by atoms with Gasteiger partial charge in [0.1, 0.15) is 5.75 Å². The fraction of sp³-hybridized carbons (Fsp3) is 0.0667. The molecule has 100 valence electrons. The number of rotatable bonds is 1. The van der Waals surface area contributed by atoms with Crippen molar-refractivity contribution in [3.05, 3.63) is 53.1 Å². The van der Waals surface area contributed by atoms with Gasteiger partial charge in [0.05, 0.1) is 7.11 Å².